The van der Waals surface area contributed by atoms with Gasteiger partial charge < -0.3 is 9.84 Å². The van der Waals surface area contributed by atoms with Crippen molar-refractivity contribution in [2.45, 2.75) is 20.8 Å². The SMILES string of the molecule is COc1c(-c2ccc(O)cc2C)ccc(C)c1C. The molecular formula is C16H18O2. The van der Waals surface area contributed by atoms with Crippen LogP contribution in [0.5, 0.6) is 11.5 Å². The molecule has 0 aliphatic carbocycles. The van der Waals surface area contributed by atoms with Crippen LogP contribution in [0.2, 0.25) is 0 Å². The quantitative estimate of drug-likeness (QED) is 0.862. The minimum atomic E-state index is 0.291. The highest BCUT2D eigenvalue weighted by Crippen LogP contribution is 2.36. The molecule has 94 valence electrons. The van der Waals surface area contributed by atoms with Crippen molar-refractivity contribution in [1.82, 2.24) is 0 Å². The fourth-order valence-corrected chi connectivity index (χ4v) is 2.22. The normalized spacial score (nSPS) is 10.4. The molecule has 2 heteroatoms. The Bertz CT molecular complexity index is 586. The van der Waals surface area contributed by atoms with Crippen LogP contribution < -0.4 is 4.74 Å². The maximum atomic E-state index is 9.48. The van der Waals surface area contributed by atoms with Gasteiger partial charge in [0.25, 0.3) is 0 Å². The predicted octanol–water partition coefficient (Wildman–Crippen LogP) is 3.99. The van der Waals surface area contributed by atoms with Gasteiger partial charge in [-0.15, -0.1) is 0 Å². The highest BCUT2D eigenvalue weighted by atomic mass is 16.5. The van der Waals surface area contributed by atoms with Gasteiger partial charge >= 0.3 is 0 Å². The molecule has 18 heavy (non-hydrogen) atoms. The van der Waals surface area contributed by atoms with Crippen LogP contribution >= 0.6 is 0 Å². The zero-order valence-electron chi connectivity index (χ0n) is 11.2. The summed E-state index contributed by atoms with van der Waals surface area (Å²) in [5.74, 6) is 1.20. The van der Waals surface area contributed by atoms with Gasteiger partial charge in [0.15, 0.2) is 0 Å². The van der Waals surface area contributed by atoms with Crippen molar-refractivity contribution >= 4 is 0 Å². The largest absolute Gasteiger partial charge is 0.508 e. The molecule has 2 nitrogen and oxygen atoms in total. The lowest BCUT2D eigenvalue weighted by molar-refractivity contribution is 0.413. The fourth-order valence-electron chi connectivity index (χ4n) is 2.22. The van der Waals surface area contributed by atoms with Crippen LogP contribution in [0, 0.1) is 20.8 Å². The Morgan fingerprint density at radius 3 is 2.17 bits per heavy atom. The van der Waals surface area contributed by atoms with Crippen LogP contribution in [0.25, 0.3) is 11.1 Å². The molecule has 0 saturated carbocycles. The van der Waals surface area contributed by atoms with E-state index in [0.717, 1.165) is 28.0 Å². The molecule has 1 N–H and O–H groups in total. The zero-order chi connectivity index (χ0) is 13.3. The van der Waals surface area contributed by atoms with Gasteiger partial charge in [-0.25, -0.2) is 0 Å². The van der Waals surface area contributed by atoms with E-state index in [9.17, 15) is 5.11 Å². The second-order valence-corrected chi connectivity index (χ2v) is 4.59. The molecule has 0 aromatic heterocycles. The van der Waals surface area contributed by atoms with Gasteiger partial charge in [0.1, 0.15) is 11.5 Å². The summed E-state index contributed by atoms with van der Waals surface area (Å²) in [6, 6.07) is 9.57. The third-order valence-electron chi connectivity index (χ3n) is 3.38. The number of benzene rings is 2. The third-order valence-corrected chi connectivity index (χ3v) is 3.38. The van der Waals surface area contributed by atoms with Crippen LogP contribution in [-0.4, -0.2) is 12.2 Å². The molecular weight excluding hydrogens is 224 g/mol. The number of hydrogen-bond donors (Lipinski definition) is 1. The van der Waals surface area contributed by atoms with Crippen LogP contribution in [0.1, 0.15) is 16.7 Å². The summed E-state index contributed by atoms with van der Waals surface area (Å²) in [7, 11) is 1.70. The summed E-state index contributed by atoms with van der Waals surface area (Å²) < 4.78 is 5.53. The van der Waals surface area contributed by atoms with Gasteiger partial charge in [-0.05, 0) is 55.2 Å². The lowest BCUT2D eigenvalue weighted by Crippen LogP contribution is -1.95. The molecule has 0 radical (unpaired) electrons. The first-order chi connectivity index (χ1) is 8.54. The summed E-state index contributed by atoms with van der Waals surface area (Å²) in [5, 5.41) is 9.48. The van der Waals surface area contributed by atoms with E-state index in [0.29, 0.717) is 5.75 Å². The number of aryl methyl sites for hydroxylation is 2. The van der Waals surface area contributed by atoms with E-state index in [1.807, 2.05) is 13.0 Å². The van der Waals surface area contributed by atoms with Crippen molar-refractivity contribution in [3.05, 3.63) is 47.0 Å². The Kier molecular flexibility index (Phi) is 3.28. The first-order valence-electron chi connectivity index (χ1n) is 5.98. The number of phenolic OH excluding ortho intramolecular Hbond substituents is 1. The Morgan fingerprint density at radius 1 is 0.889 bits per heavy atom. The van der Waals surface area contributed by atoms with Crippen molar-refractivity contribution in [2.24, 2.45) is 0 Å². The number of phenols is 1. The summed E-state index contributed by atoms with van der Waals surface area (Å²) in [5.41, 5.74) is 5.57. The summed E-state index contributed by atoms with van der Waals surface area (Å²) in [6.45, 7) is 6.13. The number of ether oxygens (including phenoxy) is 1. The van der Waals surface area contributed by atoms with Crippen molar-refractivity contribution in [3.8, 4) is 22.6 Å². The van der Waals surface area contributed by atoms with Crippen molar-refractivity contribution in [1.29, 1.82) is 0 Å². The van der Waals surface area contributed by atoms with Gasteiger partial charge in [0.05, 0.1) is 7.11 Å². The zero-order valence-corrected chi connectivity index (χ0v) is 11.2. The lowest BCUT2D eigenvalue weighted by Gasteiger charge is -2.15. The van der Waals surface area contributed by atoms with Crippen molar-refractivity contribution in [2.75, 3.05) is 7.11 Å². The molecule has 2 aromatic rings. The second kappa shape index (κ2) is 4.73. The number of aromatic hydroxyl groups is 1. The molecule has 2 rings (SSSR count). The topological polar surface area (TPSA) is 29.5 Å². The molecule has 0 spiro atoms. The van der Waals surface area contributed by atoms with Crippen molar-refractivity contribution < 1.29 is 9.84 Å². The van der Waals surface area contributed by atoms with E-state index in [1.165, 1.54) is 5.56 Å². The number of hydrogen-bond acceptors (Lipinski definition) is 2. The van der Waals surface area contributed by atoms with Crippen LogP contribution in [-0.2, 0) is 0 Å². The molecule has 0 fully saturated rings. The first-order valence-corrected chi connectivity index (χ1v) is 5.98. The molecule has 0 unspecified atom stereocenters. The van der Waals surface area contributed by atoms with E-state index in [1.54, 1.807) is 19.2 Å². The monoisotopic (exact) mass is 242 g/mol. The minimum Gasteiger partial charge on any atom is -0.508 e. The highest BCUT2D eigenvalue weighted by Gasteiger charge is 2.12. The molecule has 0 saturated heterocycles. The molecule has 0 bridgehead atoms. The van der Waals surface area contributed by atoms with Crippen LogP contribution in [0.15, 0.2) is 30.3 Å². The molecule has 2 aromatic carbocycles. The van der Waals surface area contributed by atoms with Gasteiger partial charge in [0.2, 0.25) is 0 Å². The average molecular weight is 242 g/mol. The predicted molar refractivity (Wildman–Crippen MR) is 74.3 cm³/mol. The van der Waals surface area contributed by atoms with Crippen molar-refractivity contribution in [3.63, 3.8) is 0 Å². The summed E-state index contributed by atoms with van der Waals surface area (Å²) >= 11 is 0. The van der Waals surface area contributed by atoms with Gasteiger partial charge in [-0.3, -0.25) is 0 Å². The highest BCUT2D eigenvalue weighted by molar-refractivity contribution is 5.76. The molecule has 0 aliphatic rings. The van der Waals surface area contributed by atoms with Gasteiger partial charge in [0, 0.05) is 5.56 Å². The first kappa shape index (κ1) is 12.5. The Hall–Kier alpha value is -1.96. The molecule has 0 heterocycles. The Morgan fingerprint density at radius 2 is 1.56 bits per heavy atom. The van der Waals surface area contributed by atoms with Gasteiger partial charge in [-0.2, -0.15) is 0 Å². The smallest absolute Gasteiger partial charge is 0.129 e. The minimum absolute atomic E-state index is 0.291. The summed E-state index contributed by atoms with van der Waals surface area (Å²) in [4.78, 5) is 0. The maximum Gasteiger partial charge on any atom is 0.129 e. The molecule has 0 amide bonds. The standard InChI is InChI=1S/C16H18O2/c1-10-5-7-15(16(18-4)12(10)3)14-8-6-13(17)9-11(14)2/h5-9,17H,1-4H3. The Labute approximate surface area is 108 Å². The second-order valence-electron chi connectivity index (χ2n) is 4.59. The van der Waals surface area contributed by atoms with E-state index in [4.69, 9.17) is 4.74 Å². The van der Waals surface area contributed by atoms with Gasteiger partial charge in [-0.1, -0.05) is 18.2 Å². The summed E-state index contributed by atoms with van der Waals surface area (Å²) in [6.07, 6.45) is 0. The van der Waals surface area contributed by atoms with Crippen LogP contribution in [0.4, 0.5) is 0 Å². The lowest BCUT2D eigenvalue weighted by atomic mass is 9.95. The number of rotatable bonds is 2. The van der Waals surface area contributed by atoms with E-state index in [-0.39, 0.29) is 0 Å². The third kappa shape index (κ3) is 2.06. The molecule has 0 atom stereocenters. The van der Waals surface area contributed by atoms with E-state index in [2.05, 4.69) is 26.0 Å². The maximum absolute atomic E-state index is 9.48. The van der Waals surface area contributed by atoms with Crippen LogP contribution in [0.3, 0.4) is 0 Å². The molecule has 0 aliphatic heterocycles. The Balaban J connectivity index is 2.67. The average Bonchev–Trinajstić information content (AvgIpc) is 2.33. The van der Waals surface area contributed by atoms with E-state index < -0.39 is 0 Å². The van der Waals surface area contributed by atoms with E-state index >= 15 is 0 Å². The number of methoxy groups -OCH3 is 1. The fraction of sp³-hybridized carbons (Fsp3) is 0.250.